The molecule has 0 spiro atoms. The third kappa shape index (κ3) is 4.05. The van der Waals surface area contributed by atoms with Crippen LogP contribution in [0.3, 0.4) is 0 Å². The first-order valence-electron chi connectivity index (χ1n) is 8.67. The number of nitrogens with zero attached hydrogens (tertiary/aromatic N) is 2. The van der Waals surface area contributed by atoms with E-state index in [0.717, 1.165) is 29.5 Å². The summed E-state index contributed by atoms with van der Waals surface area (Å²) in [6.07, 6.45) is 6.47. The maximum absolute atomic E-state index is 13.1. The van der Waals surface area contributed by atoms with Gasteiger partial charge in [0.25, 0.3) is 5.56 Å². The van der Waals surface area contributed by atoms with Crippen LogP contribution in [0.1, 0.15) is 29.7 Å². The molecule has 9 heteroatoms. The lowest BCUT2D eigenvalue weighted by Gasteiger charge is -2.12. The monoisotopic (exact) mass is 413 g/mol. The number of rotatable bonds is 8. The van der Waals surface area contributed by atoms with Crippen LogP contribution in [0, 0.1) is 0 Å². The summed E-state index contributed by atoms with van der Waals surface area (Å²) >= 11 is 3.06. The van der Waals surface area contributed by atoms with Gasteiger partial charge in [0.2, 0.25) is 10.0 Å². The van der Waals surface area contributed by atoms with Gasteiger partial charge in [-0.1, -0.05) is 17.8 Å². The standard InChI is InChI=1S/C17H23N3O3S3/c1-3-9-20-16(21)14-12-7-4-5-8-13(12)25-15(14)19-17(20)24-10-6-11-26(22,23)18-2/h3,18H,1,4-11H2,2H3. The number of fused-ring (bicyclic) bond motifs is 3. The summed E-state index contributed by atoms with van der Waals surface area (Å²) in [7, 11) is -1.79. The molecule has 0 aromatic carbocycles. The smallest absolute Gasteiger partial charge is 0.263 e. The van der Waals surface area contributed by atoms with Crippen LogP contribution in [0.15, 0.2) is 22.6 Å². The second-order valence-electron chi connectivity index (χ2n) is 6.21. The molecule has 0 amide bonds. The van der Waals surface area contributed by atoms with Crippen LogP contribution in [-0.4, -0.2) is 36.5 Å². The Bertz CT molecular complexity index is 977. The molecule has 26 heavy (non-hydrogen) atoms. The molecule has 0 saturated heterocycles. The highest BCUT2D eigenvalue weighted by Gasteiger charge is 2.22. The van der Waals surface area contributed by atoms with Crippen molar-refractivity contribution in [2.75, 3.05) is 18.6 Å². The minimum absolute atomic E-state index is 0.000327. The van der Waals surface area contributed by atoms with Gasteiger partial charge in [-0.05, 0) is 44.7 Å². The van der Waals surface area contributed by atoms with Crippen molar-refractivity contribution in [2.24, 2.45) is 0 Å². The Morgan fingerprint density at radius 3 is 2.88 bits per heavy atom. The van der Waals surface area contributed by atoms with Crippen molar-refractivity contribution in [3.05, 3.63) is 33.4 Å². The number of hydrogen-bond acceptors (Lipinski definition) is 6. The van der Waals surface area contributed by atoms with Crippen molar-refractivity contribution >= 4 is 43.3 Å². The van der Waals surface area contributed by atoms with Crippen LogP contribution in [0.4, 0.5) is 0 Å². The molecule has 2 aromatic rings. The van der Waals surface area contributed by atoms with Crippen molar-refractivity contribution in [1.29, 1.82) is 0 Å². The molecular formula is C17H23N3O3S3. The lowest BCUT2D eigenvalue weighted by molar-refractivity contribution is 0.587. The Balaban J connectivity index is 1.90. The largest absolute Gasteiger partial charge is 0.283 e. The van der Waals surface area contributed by atoms with E-state index in [9.17, 15) is 13.2 Å². The van der Waals surface area contributed by atoms with Crippen LogP contribution in [0.25, 0.3) is 10.2 Å². The maximum Gasteiger partial charge on any atom is 0.263 e. The van der Waals surface area contributed by atoms with Crippen molar-refractivity contribution in [1.82, 2.24) is 14.3 Å². The SMILES string of the molecule is C=CCn1c(SCCCS(=O)(=O)NC)nc2sc3c(c2c1=O)CCCC3. The molecule has 0 radical (unpaired) electrons. The van der Waals surface area contributed by atoms with E-state index in [1.54, 1.807) is 22.0 Å². The van der Waals surface area contributed by atoms with Crippen LogP contribution in [0.2, 0.25) is 0 Å². The van der Waals surface area contributed by atoms with E-state index in [-0.39, 0.29) is 11.3 Å². The lowest BCUT2D eigenvalue weighted by Crippen LogP contribution is -2.24. The molecule has 0 atom stereocenters. The van der Waals surface area contributed by atoms with Gasteiger partial charge in [-0.15, -0.1) is 17.9 Å². The van der Waals surface area contributed by atoms with E-state index in [1.165, 1.54) is 35.7 Å². The molecule has 1 aliphatic carbocycles. The average molecular weight is 414 g/mol. The number of allylic oxidation sites excluding steroid dienone is 1. The average Bonchev–Trinajstić information content (AvgIpc) is 3.00. The summed E-state index contributed by atoms with van der Waals surface area (Å²) < 4.78 is 27.0. The zero-order chi connectivity index (χ0) is 18.7. The molecule has 2 aromatic heterocycles. The summed E-state index contributed by atoms with van der Waals surface area (Å²) in [5.74, 6) is 0.652. The van der Waals surface area contributed by atoms with Crippen molar-refractivity contribution in [2.45, 2.75) is 43.8 Å². The molecule has 0 aliphatic heterocycles. The predicted molar refractivity (Wildman–Crippen MR) is 109 cm³/mol. The van der Waals surface area contributed by atoms with E-state index in [4.69, 9.17) is 4.98 Å². The predicted octanol–water partition coefficient (Wildman–Crippen LogP) is 2.55. The first-order chi connectivity index (χ1) is 12.5. The van der Waals surface area contributed by atoms with Gasteiger partial charge in [0.15, 0.2) is 5.16 Å². The summed E-state index contributed by atoms with van der Waals surface area (Å²) in [5.41, 5.74) is 1.18. The van der Waals surface area contributed by atoms with Crippen LogP contribution >= 0.6 is 23.1 Å². The number of hydrogen-bond donors (Lipinski definition) is 1. The van der Waals surface area contributed by atoms with Crippen molar-refractivity contribution < 1.29 is 8.42 Å². The molecule has 142 valence electrons. The Kier molecular flexibility index (Phi) is 6.21. The number of nitrogens with one attached hydrogen (secondary N) is 1. The van der Waals surface area contributed by atoms with Crippen LogP contribution in [0.5, 0.6) is 0 Å². The highest BCUT2D eigenvalue weighted by atomic mass is 32.2. The Hall–Kier alpha value is -1.16. The van der Waals surface area contributed by atoms with Gasteiger partial charge in [0.1, 0.15) is 4.83 Å². The number of thioether (sulfide) groups is 1. The molecule has 2 heterocycles. The second-order valence-corrected chi connectivity index (χ2v) is 10.4. The molecule has 0 unspecified atom stereocenters. The summed E-state index contributed by atoms with van der Waals surface area (Å²) in [4.78, 5) is 19.9. The van der Waals surface area contributed by atoms with E-state index in [1.807, 2.05) is 0 Å². The van der Waals surface area contributed by atoms with Crippen LogP contribution in [-0.2, 0) is 29.4 Å². The molecule has 1 aliphatic rings. The zero-order valence-corrected chi connectivity index (χ0v) is 17.2. The third-order valence-corrected chi connectivity index (χ3v) is 8.15. The van der Waals surface area contributed by atoms with E-state index in [2.05, 4.69) is 11.3 Å². The fourth-order valence-electron chi connectivity index (χ4n) is 3.13. The number of thiophene rings is 1. The Labute approximate surface area is 161 Å². The summed E-state index contributed by atoms with van der Waals surface area (Å²) in [6.45, 7) is 4.16. The van der Waals surface area contributed by atoms with Gasteiger partial charge in [0.05, 0.1) is 11.1 Å². The molecule has 6 nitrogen and oxygen atoms in total. The Morgan fingerprint density at radius 1 is 1.38 bits per heavy atom. The Morgan fingerprint density at radius 2 is 2.15 bits per heavy atom. The maximum atomic E-state index is 13.1. The number of aryl methyl sites for hydroxylation is 2. The van der Waals surface area contributed by atoms with Gasteiger partial charge < -0.3 is 0 Å². The molecular weight excluding hydrogens is 390 g/mol. The van der Waals surface area contributed by atoms with Crippen LogP contribution < -0.4 is 10.3 Å². The second kappa shape index (κ2) is 8.24. The lowest BCUT2D eigenvalue weighted by atomic mass is 9.97. The van der Waals surface area contributed by atoms with Gasteiger partial charge in [0, 0.05) is 17.2 Å². The first kappa shape index (κ1) is 19.6. The first-order valence-corrected chi connectivity index (χ1v) is 12.1. The van der Waals surface area contributed by atoms with Crippen molar-refractivity contribution in [3.8, 4) is 0 Å². The van der Waals surface area contributed by atoms with E-state index < -0.39 is 10.0 Å². The highest BCUT2D eigenvalue weighted by Crippen LogP contribution is 2.34. The molecule has 3 rings (SSSR count). The minimum Gasteiger partial charge on any atom is -0.283 e. The molecule has 0 fully saturated rings. The molecule has 1 N–H and O–H groups in total. The van der Waals surface area contributed by atoms with Gasteiger partial charge in [-0.25, -0.2) is 18.1 Å². The topological polar surface area (TPSA) is 81.1 Å². The van der Waals surface area contributed by atoms with Gasteiger partial charge in [-0.2, -0.15) is 0 Å². The highest BCUT2D eigenvalue weighted by molar-refractivity contribution is 7.99. The fraction of sp³-hybridized carbons (Fsp3) is 0.529. The number of aromatic nitrogens is 2. The van der Waals surface area contributed by atoms with Gasteiger partial charge >= 0.3 is 0 Å². The minimum atomic E-state index is -3.21. The summed E-state index contributed by atoms with van der Waals surface area (Å²) in [6, 6.07) is 0. The zero-order valence-electron chi connectivity index (χ0n) is 14.8. The van der Waals surface area contributed by atoms with Crippen molar-refractivity contribution in [3.63, 3.8) is 0 Å². The summed E-state index contributed by atoms with van der Waals surface area (Å²) in [5, 5.41) is 1.41. The number of sulfonamides is 1. The fourth-order valence-corrected chi connectivity index (χ4v) is 6.30. The normalized spacial score (nSPS) is 14.5. The molecule has 0 bridgehead atoms. The van der Waals surface area contributed by atoms with E-state index in [0.29, 0.717) is 23.9 Å². The molecule has 0 saturated carbocycles. The third-order valence-electron chi connectivity index (χ3n) is 4.45. The quantitative estimate of drug-likeness (QED) is 0.311. The van der Waals surface area contributed by atoms with E-state index >= 15 is 0 Å². The van der Waals surface area contributed by atoms with Gasteiger partial charge in [-0.3, -0.25) is 9.36 Å².